The van der Waals surface area contributed by atoms with Crippen molar-refractivity contribution in [3.8, 4) is 0 Å². The van der Waals surface area contributed by atoms with E-state index in [0.717, 1.165) is 0 Å². The number of ketones is 1. The predicted octanol–water partition coefficient (Wildman–Crippen LogP) is 3.35. The number of carbonyl (C=O) groups is 3. The Labute approximate surface area is 143 Å². The van der Waals surface area contributed by atoms with Gasteiger partial charge in [-0.1, -0.05) is 23.7 Å². The third kappa shape index (κ3) is 2.42. The minimum atomic E-state index is -0.999. The number of aliphatic hydroxyl groups is 1. The van der Waals surface area contributed by atoms with Crippen LogP contribution in [0.5, 0.6) is 0 Å². The molecule has 1 heterocycles. The van der Waals surface area contributed by atoms with E-state index in [1.54, 1.807) is 29.2 Å². The van der Waals surface area contributed by atoms with Crippen LogP contribution in [0.3, 0.4) is 0 Å². The van der Waals surface area contributed by atoms with Gasteiger partial charge in [-0.15, -0.1) is 0 Å². The number of fused-ring (bicyclic) bond motifs is 1. The Bertz CT molecular complexity index is 860. The molecule has 0 radical (unpaired) electrons. The van der Waals surface area contributed by atoms with Gasteiger partial charge in [-0.25, -0.2) is 0 Å². The molecule has 1 aliphatic heterocycles. The molecule has 1 N–H and O–H groups in total. The summed E-state index contributed by atoms with van der Waals surface area (Å²) >= 11 is 6.11. The molecule has 122 valence electrons. The number of anilines is 2. The van der Waals surface area contributed by atoms with E-state index < -0.39 is 6.10 Å². The summed E-state index contributed by atoms with van der Waals surface area (Å²) in [4.78, 5) is 36.7. The van der Waals surface area contributed by atoms with E-state index in [-0.39, 0.29) is 28.5 Å². The summed E-state index contributed by atoms with van der Waals surface area (Å²) in [5.74, 6) is -0.0719. The molecular weight excluding hydrogens is 330 g/mol. The number of para-hydroxylation sites is 1. The summed E-state index contributed by atoms with van der Waals surface area (Å²) in [6, 6.07) is 8.56. The van der Waals surface area contributed by atoms with Crippen LogP contribution in [-0.4, -0.2) is 30.0 Å². The van der Waals surface area contributed by atoms with Gasteiger partial charge < -0.3 is 10.0 Å². The van der Waals surface area contributed by atoms with Crippen molar-refractivity contribution < 1.29 is 19.5 Å². The number of benzene rings is 2. The lowest BCUT2D eigenvalue weighted by molar-refractivity contribution is 0.101. The average Bonchev–Trinajstić information content (AvgIpc) is 2.91. The monoisotopic (exact) mass is 343 g/mol. The summed E-state index contributed by atoms with van der Waals surface area (Å²) in [7, 11) is 0. The maximum atomic E-state index is 12.2. The van der Waals surface area contributed by atoms with E-state index in [4.69, 9.17) is 11.6 Å². The van der Waals surface area contributed by atoms with Crippen LogP contribution < -0.4 is 4.90 Å². The summed E-state index contributed by atoms with van der Waals surface area (Å²) in [6.07, 6.45) is 0.0698. The second-order valence-corrected chi connectivity index (χ2v) is 5.94. The Kier molecular flexibility index (Phi) is 4.22. The second-order valence-electron chi connectivity index (χ2n) is 5.56. The van der Waals surface area contributed by atoms with Gasteiger partial charge in [-0.2, -0.15) is 0 Å². The normalized spacial score (nSPS) is 14.5. The van der Waals surface area contributed by atoms with Crippen LogP contribution in [0.1, 0.15) is 49.7 Å². The Hall–Kier alpha value is -2.50. The number of hydrogen-bond acceptors (Lipinski definition) is 5. The van der Waals surface area contributed by atoms with Gasteiger partial charge in [0.2, 0.25) is 0 Å². The Balaban J connectivity index is 2.31. The first kappa shape index (κ1) is 16.4. The second kappa shape index (κ2) is 6.19. The van der Waals surface area contributed by atoms with E-state index in [1.807, 2.05) is 0 Å². The van der Waals surface area contributed by atoms with Gasteiger partial charge in [0.15, 0.2) is 18.4 Å². The van der Waals surface area contributed by atoms with Gasteiger partial charge in [0.1, 0.15) is 0 Å². The summed E-state index contributed by atoms with van der Waals surface area (Å²) in [5.41, 5.74) is 2.14. The number of Topliss-reactive ketones (excluding diaryl/α,β-unsaturated/α-hetero) is 1. The molecule has 5 nitrogen and oxygen atoms in total. The lowest BCUT2D eigenvalue weighted by Crippen LogP contribution is -2.20. The average molecular weight is 344 g/mol. The van der Waals surface area contributed by atoms with Crippen LogP contribution in [0, 0.1) is 0 Å². The van der Waals surface area contributed by atoms with Crippen molar-refractivity contribution in [3.63, 3.8) is 0 Å². The number of halogens is 1. The fourth-order valence-corrected chi connectivity index (χ4v) is 3.28. The minimum absolute atomic E-state index is 0.00143. The standard InChI is InChI=1S/C18H14ClNO4/c1-10(23)17-13(9-22)18(19)11(8-21)6-15(17)20-7-16(24)12-4-2-3-5-14(12)20/h2-6,8-10,23H,7H2,1H3. The highest BCUT2D eigenvalue weighted by molar-refractivity contribution is 6.35. The first-order chi connectivity index (χ1) is 11.5. The largest absolute Gasteiger partial charge is 0.389 e. The zero-order valence-electron chi connectivity index (χ0n) is 12.8. The van der Waals surface area contributed by atoms with Crippen molar-refractivity contribution in [1.29, 1.82) is 0 Å². The Morgan fingerprint density at radius 2 is 1.92 bits per heavy atom. The number of carbonyl (C=O) groups excluding carboxylic acids is 3. The van der Waals surface area contributed by atoms with Crippen molar-refractivity contribution >= 4 is 41.3 Å². The van der Waals surface area contributed by atoms with Crippen LogP contribution in [0.4, 0.5) is 11.4 Å². The molecule has 0 spiro atoms. The van der Waals surface area contributed by atoms with E-state index in [0.29, 0.717) is 35.1 Å². The topological polar surface area (TPSA) is 74.7 Å². The highest BCUT2D eigenvalue weighted by Gasteiger charge is 2.31. The lowest BCUT2D eigenvalue weighted by atomic mass is 9.97. The van der Waals surface area contributed by atoms with Crippen LogP contribution in [0.25, 0.3) is 0 Å². The highest BCUT2D eigenvalue weighted by atomic mass is 35.5. The molecule has 0 aromatic heterocycles. The smallest absolute Gasteiger partial charge is 0.184 e. The van der Waals surface area contributed by atoms with Crippen molar-refractivity contribution in [3.05, 3.63) is 57.6 Å². The molecule has 0 bridgehead atoms. The first-order valence-corrected chi connectivity index (χ1v) is 7.72. The highest BCUT2D eigenvalue weighted by Crippen LogP contribution is 2.41. The molecule has 1 atom stereocenters. The summed E-state index contributed by atoms with van der Waals surface area (Å²) < 4.78 is 0. The predicted molar refractivity (Wildman–Crippen MR) is 90.6 cm³/mol. The van der Waals surface area contributed by atoms with Gasteiger partial charge in [0.05, 0.1) is 23.4 Å². The van der Waals surface area contributed by atoms with Gasteiger partial charge in [-0.05, 0) is 25.1 Å². The van der Waals surface area contributed by atoms with Gasteiger partial charge in [0.25, 0.3) is 0 Å². The van der Waals surface area contributed by atoms with Crippen LogP contribution in [-0.2, 0) is 0 Å². The number of nitrogens with zero attached hydrogens (tertiary/aromatic N) is 1. The van der Waals surface area contributed by atoms with E-state index in [1.165, 1.54) is 13.0 Å². The fraction of sp³-hybridized carbons (Fsp3) is 0.167. The maximum absolute atomic E-state index is 12.2. The molecule has 2 aromatic rings. The molecule has 0 aliphatic carbocycles. The molecular formula is C18H14ClNO4. The van der Waals surface area contributed by atoms with Gasteiger partial charge in [-0.3, -0.25) is 14.4 Å². The Morgan fingerprint density at radius 3 is 2.54 bits per heavy atom. The van der Waals surface area contributed by atoms with Crippen LogP contribution >= 0.6 is 11.6 Å². The SMILES string of the molecule is CC(O)c1c(N2CC(=O)c3ccccc32)cc(C=O)c(Cl)c1C=O. The molecule has 0 amide bonds. The van der Waals surface area contributed by atoms with Gasteiger partial charge >= 0.3 is 0 Å². The molecule has 2 aromatic carbocycles. The van der Waals surface area contributed by atoms with E-state index >= 15 is 0 Å². The molecule has 6 heteroatoms. The quantitative estimate of drug-likeness (QED) is 0.862. The number of hydrogen-bond donors (Lipinski definition) is 1. The zero-order chi connectivity index (χ0) is 17.4. The first-order valence-electron chi connectivity index (χ1n) is 7.34. The third-order valence-electron chi connectivity index (χ3n) is 4.10. The molecule has 3 rings (SSSR count). The number of aldehydes is 2. The molecule has 0 saturated carbocycles. The molecule has 24 heavy (non-hydrogen) atoms. The summed E-state index contributed by atoms with van der Waals surface area (Å²) in [6.45, 7) is 1.57. The van der Waals surface area contributed by atoms with Crippen molar-refractivity contribution in [1.82, 2.24) is 0 Å². The minimum Gasteiger partial charge on any atom is -0.389 e. The van der Waals surface area contributed by atoms with Crippen molar-refractivity contribution in [2.45, 2.75) is 13.0 Å². The Morgan fingerprint density at radius 1 is 1.21 bits per heavy atom. The number of aliphatic hydroxyl groups excluding tert-OH is 1. The van der Waals surface area contributed by atoms with E-state index in [2.05, 4.69) is 0 Å². The maximum Gasteiger partial charge on any atom is 0.184 e. The molecule has 0 fully saturated rings. The molecule has 1 aliphatic rings. The van der Waals surface area contributed by atoms with Crippen molar-refractivity contribution in [2.75, 3.05) is 11.4 Å². The molecule has 0 saturated heterocycles. The number of rotatable bonds is 4. The third-order valence-corrected chi connectivity index (χ3v) is 4.52. The van der Waals surface area contributed by atoms with Crippen LogP contribution in [0.15, 0.2) is 30.3 Å². The molecule has 1 unspecified atom stereocenters. The zero-order valence-corrected chi connectivity index (χ0v) is 13.6. The summed E-state index contributed by atoms with van der Waals surface area (Å²) in [5, 5.41) is 10.2. The fourth-order valence-electron chi connectivity index (χ4n) is 3.04. The lowest BCUT2D eigenvalue weighted by Gasteiger charge is -2.25. The van der Waals surface area contributed by atoms with Crippen LogP contribution in [0.2, 0.25) is 5.02 Å². The van der Waals surface area contributed by atoms with Gasteiger partial charge in [0, 0.05) is 27.9 Å². The van der Waals surface area contributed by atoms with Crippen molar-refractivity contribution in [2.24, 2.45) is 0 Å². The van der Waals surface area contributed by atoms with E-state index in [9.17, 15) is 19.5 Å².